The highest BCUT2D eigenvalue weighted by Gasteiger charge is 2.02. The van der Waals surface area contributed by atoms with Gasteiger partial charge in [-0.05, 0) is 25.1 Å². The minimum Gasteiger partial charge on any atom is -0.492 e. The van der Waals surface area contributed by atoms with E-state index in [2.05, 4.69) is 15.3 Å². The van der Waals surface area contributed by atoms with Gasteiger partial charge in [0.15, 0.2) is 0 Å². The van der Waals surface area contributed by atoms with E-state index in [0.717, 1.165) is 22.8 Å². The molecule has 4 heteroatoms. The van der Waals surface area contributed by atoms with E-state index in [0.29, 0.717) is 6.61 Å². The molecule has 0 saturated heterocycles. The number of aromatic nitrogens is 2. The van der Waals surface area contributed by atoms with Crippen molar-refractivity contribution in [2.24, 2.45) is 0 Å². The van der Waals surface area contributed by atoms with Gasteiger partial charge >= 0.3 is 0 Å². The number of nitrogens with zero attached hydrogens (tertiary/aromatic N) is 2. The first-order chi connectivity index (χ1) is 8.33. The van der Waals surface area contributed by atoms with Gasteiger partial charge in [0.2, 0.25) is 0 Å². The Morgan fingerprint density at radius 3 is 2.94 bits per heavy atom. The van der Waals surface area contributed by atoms with E-state index >= 15 is 0 Å². The van der Waals surface area contributed by atoms with Crippen molar-refractivity contribution in [2.75, 3.05) is 19.0 Å². The van der Waals surface area contributed by atoms with E-state index in [1.165, 1.54) is 0 Å². The van der Waals surface area contributed by atoms with Crippen LogP contribution in [0.3, 0.4) is 0 Å². The Balaban J connectivity index is 2.34. The smallest absolute Gasteiger partial charge is 0.138 e. The Labute approximate surface area is 101 Å². The molecule has 0 atom stereocenters. The SMILES string of the molecule is CCOc1cncc(-c2cccc(NC)n2)c1. The summed E-state index contributed by atoms with van der Waals surface area (Å²) in [5.41, 5.74) is 1.83. The lowest BCUT2D eigenvalue weighted by Gasteiger charge is -2.06. The topological polar surface area (TPSA) is 47.0 Å². The average molecular weight is 229 g/mol. The van der Waals surface area contributed by atoms with Crippen molar-refractivity contribution in [3.63, 3.8) is 0 Å². The molecule has 0 unspecified atom stereocenters. The molecule has 0 saturated carbocycles. The lowest BCUT2D eigenvalue weighted by Crippen LogP contribution is -1.95. The van der Waals surface area contributed by atoms with E-state index < -0.39 is 0 Å². The van der Waals surface area contributed by atoms with Crippen LogP contribution < -0.4 is 10.1 Å². The Morgan fingerprint density at radius 1 is 1.29 bits per heavy atom. The second-order valence-electron chi connectivity index (χ2n) is 3.50. The summed E-state index contributed by atoms with van der Waals surface area (Å²) in [4.78, 5) is 8.61. The maximum absolute atomic E-state index is 5.42. The van der Waals surface area contributed by atoms with Gasteiger partial charge in [-0.25, -0.2) is 4.98 Å². The van der Waals surface area contributed by atoms with Gasteiger partial charge in [-0.3, -0.25) is 4.98 Å². The third kappa shape index (κ3) is 2.72. The molecule has 0 spiro atoms. The fraction of sp³-hybridized carbons (Fsp3) is 0.231. The van der Waals surface area contributed by atoms with Crippen LogP contribution in [0.1, 0.15) is 6.92 Å². The molecule has 0 aromatic carbocycles. The number of hydrogen-bond acceptors (Lipinski definition) is 4. The predicted molar refractivity (Wildman–Crippen MR) is 68.2 cm³/mol. The van der Waals surface area contributed by atoms with Crippen molar-refractivity contribution in [3.8, 4) is 17.0 Å². The van der Waals surface area contributed by atoms with Crippen molar-refractivity contribution in [1.29, 1.82) is 0 Å². The Bertz CT molecular complexity index is 500. The van der Waals surface area contributed by atoms with Gasteiger partial charge in [0.25, 0.3) is 0 Å². The molecule has 2 heterocycles. The third-order valence-corrected chi connectivity index (χ3v) is 2.33. The first kappa shape index (κ1) is 11.4. The number of pyridine rings is 2. The summed E-state index contributed by atoms with van der Waals surface area (Å²) in [7, 11) is 1.85. The normalized spacial score (nSPS) is 10.0. The maximum Gasteiger partial charge on any atom is 0.138 e. The predicted octanol–water partition coefficient (Wildman–Crippen LogP) is 2.58. The summed E-state index contributed by atoms with van der Waals surface area (Å²) in [6, 6.07) is 7.77. The van der Waals surface area contributed by atoms with Crippen LogP contribution in [0, 0.1) is 0 Å². The molecule has 0 aliphatic heterocycles. The number of hydrogen-bond donors (Lipinski definition) is 1. The molecule has 88 valence electrons. The van der Waals surface area contributed by atoms with Crippen molar-refractivity contribution in [3.05, 3.63) is 36.7 Å². The second-order valence-corrected chi connectivity index (χ2v) is 3.50. The fourth-order valence-electron chi connectivity index (χ4n) is 1.54. The van der Waals surface area contributed by atoms with Crippen molar-refractivity contribution in [2.45, 2.75) is 6.92 Å². The van der Waals surface area contributed by atoms with Crippen molar-refractivity contribution >= 4 is 5.82 Å². The van der Waals surface area contributed by atoms with Crippen LogP contribution in [0.5, 0.6) is 5.75 Å². The molecule has 0 bridgehead atoms. The molecule has 2 aromatic rings. The van der Waals surface area contributed by atoms with Gasteiger partial charge in [-0.15, -0.1) is 0 Å². The average Bonchev–Trinajstić information content (AvgIpc) is 2.40. The number of ether oxygens (including phenoxy) is 1. The lowest BCUT2D eigenvalue weighted by molar-refractivity contribution is 0.339. The highest BCUT2D eigenvalue weighted by atomic mass is 16.5. The maximum atomic E-state index is 5.42. The summed E-state index contributed by atoms with van der Waals surface area (Å²) >= 11 is 0. The summed E-state index contributed by atoms with van der Waals surface area (Å²) in [6.07, 6.45) is 3.49. The quantitative estimate of drug-likeness (QED) is 0.875. The number of anilines is 1. The molecule has 0 radical (unpaired) electrons. The van der Waals surface area contributed by atoms with Gasteiger partial charge in [0.1, 0.15) is 11.6 Å². The zero-order valence-corrected chi connectivity index (χ0v) is 9.97. The van der Waals surface area contributed by atoms with Crippen LogP contribution in [0.2, 0.25) is 0 Å². The standard InChI is InChI=1S/C13H15N3O/c1-3-17-11-7-10(8-15-9-11)12-5-4-6-13(14-2)16-12/h4-9H,3H2,1-2H3,(H,14,16). The molecular formula is C13H15N3O. The summed E-state index contributed by atoms with van der Waals surface area (Å²) < 4.78 is 5.42. The van der Waals surface area contributed by atoms with Crippen LogP contribution in [0.15, 0.2) is 36.7 Å². The van der Waals surface area contributed by atoms with Crippen molar-refractivity contribution in [1.82, 2.24) is 9.97 Å². The first-order valence-electron chi connectivity index (χ1n) is 5.56. The fourth-order valence-corrected chi connectivity index (χ4v) is 1.54. The van der Waals surface area contributed by atoms with Gasteiger partial charge in [0.05, 0.1) is 18.5 Å². The molecule has 4 nitrogen and oxygen atoms in total. The van der Waals surface area contributed by atoms with Crippen molar-refractivity contribution < 1.29 is 4.74 Å². The van der Waals surface area contributed by atoms with Crippen LogP contribution >= 0.6 is 0 Å². The van der Waals surface area contributed by atoms with Crippen LogP contribution in [0.4, 0.5) is 5.82 Å². The molecule has 2 aromatic heterocycles. The molecule has 0 fully saturated rings. The highest BCUT2D eigenvalue weighted by molar-refractivity contribution is 5.61. The molecule has 0 aliphatic rings. The van der Waals surface area contributed by atoms with Gasteiger partial charge in [-0.2, -0.15) is 0 Å². The summed E-state index contributed by atoms with van der Waals surface area (Å²) in [5, 5.41) is 3.01. The molecule has 0 amide bonds. The minimum atomic E-state index is 0.634. The molecule has 2 rings (SSSR count). The van der Waals surface area contributed by atoms with Crippen LogP contribution in [0.25, 0.3) is 11.3 Å². The van der Waals surface area contributed by atoms with E-state index in [1.807, 2.05) is 38.2 Å². The largest absolute Gasteiger partial charge is 0.492 e. The Morgan fingerprint density at radius 2 is 2.18 bits per heavy atom. The molecule has 17 heavy (non-hydrogen) atoms. The Kier molecular flexibility index (Phi) is 3.55. The van der Waals surface area contributed by atoms with Gasteiger partial charge in [0, 0.05) is 18.8 Å². The lowest BCUT2D eigenvalue weighted by atomic mass is 10.2. The minimum absolute atomic E-state index is 0.634. The second kappa shape index (κ2) is 5.30. The number of nitrogens with one attached hydrogen (secondary N) is 1. The van der Waals surface area contributed by atoms with Crippen LogP contribution in [-0.4, -0.2) is 23.6 Å². The molecule has 1 N–H and O–H groups in total. The van der Waals surface area contributed by atoms with Gasteiger partial charge < -0.3 is 10.1 Å². The van der Waals surface area contributed by atoms with Crippen LogP contribution in [-0.2, 0) is 0 Å². The summed E-state index contributed by atoms with van der Waals surface area (Å²) in [6.45, 7) is 2.58. The number of rotatable bonds is 4. The molecule has 0 aliphatic carbocycles. The first-order valence-corrected chi connectivity index (χ1v) is 5.56. The zero-order valence-electron chi connectivity index (χ0n) is 9.97. The Hall–Kier alpha value is -2.10. The zero-order chi connectivity index (χ0) is 12.1. The third-order valence-electron chi connectivity index (χ3n) is 2.33. The summed E-state index contributed by atoms with van der Waals surface area (Å²) in [5.74, 6) is 1.60. The van der Waals surface area contributed by atoms with E-state index in [1.54, 1.807) is 12.4 Å². The van der Waals surface area contributed by atoms with E-state index in [4.69, 9.17) is 4.74 Å². The van der Waals surface area contributed by atoms with Gasteiger partial charge in [-0.1, -0.05) is 6.07 Å². The van der Waals surface area contributed by atoms with E-state index in [9.17, 15) is 0 Å². The molecular weight excluding hydrogens is 214 g/mol. The van der Waals surface area contributed by atoms with E-state index in [-0.39, 0.29) is 0 Å². The monoisotopic (exact) mass is 229 g/mol. The highest BCUT2D eigenvalue weighted by Crippen LogP contribution is 2.21.